The summed E-state index contributed by atoms with van der Waals surface area (Å²) in [5, 5.41) is 12.5. The first-order valence-corrected chi connectivity index (χ1v) is 6.68. The number of phenolic OH excluding ortho intramolecular Hbond substituents is 1. The summed E-state index contributed by atoms with van der Waals surface area (Å²) in [5.74, 6) is 0.591. The monoisotopic (exact) mass is 274 g/mol. The van der Waals surface area contributed by atoms with Crippen LogP contribution >= 0.6 is 11.3 Å². The van der Waals surface area contributed by atoms with E-state index in [2.05, 4.69) is 0 Å². The number of thiophene rings is 1. The summed E-state index contributed by atoms with van der Waals surface area (Å²) < 4.78 is 19.5. The maximum absolute atomic E-state index is 12.8. The van der Waals surface area contributed by atoms with Crippen LogP contribution in [-0.4, -0.2) is 5.11 Å². The molecule has 4 heteroatoms. The molecule has 0 saturated carbocycles. The zero-order valence-corrected chi connectivity index (χ0v) is 10.8. The van der Waals surface area contributed by atoms with Gasteiger partial charge in [-0.05, 0) is 47.8 Å². The van der Waals surface area contributed by atoms with Gasteiger partial charge in [-0.1, -0.05) is 0 Å². The van der Waals surface area contributed by atoms with Crippen molar-refractivity contribution in [2.75, 3.05) is 0 Å². The number of halogens is 1. The summed E-state index contributed by atoms with van der Waals surface area (Å²) in [7, 11) is 0. The molecule has 0 saturated heterocycles. The van der Waals surface area contributed by atoms with Crippen molar-refractivity contribution in [2.24, 2.45) is 0 Å². The molecule has 96 valence electrons. The van der Waals surface area contributed by atoms with Crippen LogP contribution in [-0.2, 0) is 6.61 Å². The van der Waals surface area contributed by atoms with Crippen LogP contribution in [0.4, 0.5) is 4.39 Å². The number of rotatable bonds is 3. The van der Waals surface area contributed by atoms with Gasteiger partial charge in [0.25, 0.3) is 0 Å². The summed E-state index contributed by atoms with van der Waals surface area (Å²) >= 11 is 1.61. The fourth-order valence-corrected chi connectivity index (χ4v) is 2.80. The van der Waals surface area contributed by atoms with E-state index in [1.165, 1.54) is 12.1 Å². The Labute approximate surface area is 113 Å². The zero-order valence-electron chi connectivity index (χ0n) is 9.97. The molecule has 0 fully saturated rings. The van der Waals surface area contributed by atoms with Crippen molar-refractivity contribution in [2.45, 2.75) is 6.61 Å². The van der Waals surface area contributed by atoms with Gasteiger partial charge in [0.2, 0.25) is 0 Å². The highest BCUT2D eigenvalue weighted by molar-refractivity contribution is 7.17. The lowest BCUT2D eigenvalue weighted by Crippen LogP contribution is -1.94. The van der Waals surface area contributed by atoms with Crippen molar-refractivity contribution in [3.63, 3.8) is 0 Å². The van der Waals surface area contributed by atoms with Crippen molar-refractivity contribution in [1.29, 1.82) is 0 Å². The zero-order chi connectivity index (χ0) is 13.2. The highest BCUT2D eigenvalue weighted by atomic mass is 32.1. The van der Waals surface area contributed by atoms with Gasteiger partial charge >= 0.3 is 0 Å². The molecule has 3 aromatic rings. The van der Waals surface area contributed by atoms with E-state index in [0.29, 0.717) is 12.4 Å². The van der Waals surface area contributed by atoms with Gasteiger partial charge in [0.05, 0.1) is 0 Å². The minimum atomic E-state index is -0.279. The molecule has 2 aromatic carbocycles. The molecule has 0 radical (unpaired) electrons. The predicted molar refractivity (Wildman–Crippen MR) is 74.2 cm³/mol. The molecule has 1 aromatic heterocycles. The van der Waals surface area contributed by atoms with E-state index in [0.717, 1.165) is 15.6 Å². The smallest absolute Gasteiger partial charge is 0.123 e. The predicted octanol–water partition coefficient (Wildman–Crippen LogP) is 4.33. The number of ether oxygens (including phenoxy) is 1. The molecule has 0 unspecified atom stereocenters. The molecule has 3 rings (SSSR count). The lowest BCUT2D eigenvalue weighted by Gasteiger charge is -2.05. The summed E-state index contributed by atoms with van der Waals surface area (Å²) in [6, 6.07) is 11.2. The van der Waals surface area contributed by atoms with Crippen molar-refractivity contribution in [3.05, 3.63) is 59.2 Å². The molecule has 0 amide bonds. The first kappa shape index (κ1) is 12.0. The number of hydrogen-bond acceptors (Lipinski definition) is 3. The Balaban J connectivity index is 1.81. The molecule has 19 heavy (non-hydrogen) atoms. The molecule has 0 spiro atoms. The average molecular weight is 274 g/mol. The van der Waals surface area contributed by atoms with E-state index in [-0.39, 0.29) is 11.6 Å². The van der Waals surface area contributed by atoms with Gasteiger partial charge in [-0.25, -0.2) is 4.39 Å². The van der Waals surface area contributed by atoms with Crippen LogP contribution in [0.25, 0.3) is 10.1 Å². The highest BCUT2D eigenvalue weighted by Crippen LogP contribution is 2.29. The number of phenols is 1. The van der Waals surface area contributed by atoms with Crippen LogP contribution in [0, 0.1) is 5.82 Å². The Hall–Kier alpha value is -2.07. The second-order valence-corrected chi connectivity index (χ2v) is 5.10. The summed E-state index contributed by atoms with van der Waals surface area (Å²) in [6.07, 6.45) is 0. The van der Waals surface area contributed by atoms with E-state index in [1.54, 1.807) is 35.6 Å². The van der Waals surface area contributed by atoms with Crippen molar-refractivity contribution in [1.82, 2.24) is 0 Å². The quantitative estimate of drug-likeness (QED) is 0.770. The SMILES string of the molecule is Oc1ccc2scc(COc3ccc(F)cc3)c2c1. The molecular formula is C15H11FO2S. The number of benzene rings is 2. The minimum absolute atomic E-state index is 0.244. The Morgan fingerprint density at radius 1 is 1.11 bits per heavy atom. The number of fused-ring (bicyclic) bond motifs is 1. The Kier molecular flexibility index (Phi) is 3.09. The molecule has 0 bridgehead atoms. The van der Waals surface area contributed by atoms with E-state index in [9.17, 15) is 9.50 Å². The molecular weight excluding hydrogens is 263 g/mol. The van der Waals surface area contributed by atoms with Gasteiger partial charge in [-0.3, -0.25) is 0 Å². The van der Waals surface area contributed by atoms with Crippen LogP contribution in [0.5, 0.6) is 11.5 Å². The average Bonchev–Trinajstić information content (AvgIpc) is 2.80. The molecule has 0 aliphatic carbocycles. The Morgan fingerprint density at radius 3 is 2.68 bits per heavy atom. The van der Waals surface area contributed by atoms with Crippen LogP contribution in [0.2, 0.25) is 0 Å². The van der Waals surface area contributed by atoms with Crippen LogP contribution in [0.15, 0.2) is 47.8 Å². The van der Waals surface area contributed by atoms with Crippen LogP contribution < -0.4 is 4.74 Å². The molecule has 0 aliphatic heterocycles. The number of hydrogen-bond donors (Lipinski definition) is 1. The van der Waals surface area contributed by atoms with Gasteiger partial charge in [0.1, 0.15) is 23.9 Å². The van der Waals surface area contributed by atoms with E-state index >= 15 is 0 Å². The van der Waals surface area contributed by atoms with Gasteiger partial charge in [-0.15, -0.1) is 11.3 Å². The first-order chi connectivity index (χ1) is 9.22. The van der Waals surface area contributed by atoms with Crippen LogP contribution in [0.3, 0.4) is 0 Å². The third-order valence-electron chi connectivity index (χ3n) is 2.85. The van der Waals surface area contributed by atoms with Crippen molar-refractivity contribution >= 4 is 21.4 Å². The molecule has 1 N–H and O–H groups in total. The van der Waals surface area contributed by atoms with Crippen LogP contribution in [0.1, 0.15) is 5.56 Å². The maximum Gasteiger partial charge on any atom is 0.123 e. The Bertz CT molecular complexity index is 704. The van der Waals surface area contributed by atoms with E-state index in [4.69, 9.17) is 4.74 Å². The number of aromatic hydroxyl groups is 1. The second kappa shape index (κ2) is 4.90. The summed E-state index contributed by atoms with van der Waals surface area (Å²) in [5.41, 5.74) is 1.01. The van der Waals surface area contributed by atoms with Gasteiger partial charge in [0, 0.05) is 15.6 Å². The van der Waals surface area contributed by atoms with E-state index < -0.39 is 0 Å². The first-order valence-electron chi connectivity index (χ1n) is 5.80. The Morgan fingerprint density at radius 2 is 1.89 bits per heavy atom. The topological polar surface area (TPSA) is 29.5 Å². The van der Waals surface area contributed by atoms with Gasteiger partial charge in [-0.2, -0.15) is 0 Å². The lowest BCUT2D eigenvalue weighted by molar-refractivity contribution is 0.307. The van der Waals surface area contributed by atoms with E-state index in [1.807, 2.05) is 11.4 Å². The third kappa shape index (κ3) is 2.53. The van der Waals surface area contributed by atoms with Gasteiger partial charge < -0.3 is 9.84 Å². The molecule has 0 aliphatic rings. The highest BCUT2D eigenvalue weighted by Gasteiger charge is 2.06. The normalized spacial score (nSPS) is 10.8. The third-order valence-corrected chi connectivity index (χ3v) is 3.86. The van der Waals surface area contributed by atoms with Gasteiger partial charge in [0.15, 0.2) is 0 Å². The fourth-order valence-electron chi connectivity index (χ4n) is 1.87. The summed E-state index contributed by atoms with van der Waals surface area (Å²) in [6.45, 7) is 0.398. The minimum Gasteiger partial charge on any atom is -0.508 e. The molecule has 1 heterocycles. The summed E-state index contributed by atoms with van der Waals surface area (Å²) in [4.78, 5) is 0. The largest absolute Gasteiger partial charge is 0.508 e. The molecule has 2 nitrogen and oxygen atoms in total. The standard InChI is InChI=1S/C15H11FO2S/c16-11-1-4-13(5-2-11)18-8-10-9-19-15-6-3-12(17)7-14(10)15/h1-7,9,17H,8H2. The lowest BCUT2D eigenvalue weighted by atomic mass is 10.2. The molecule has 0 atom stereocenters. The maximum atomic E-state index is 12.8. The van der Waals surface area contributed by atoms with Crippen molar-refractivity contribution in [3.8, 4) is 11.5 Å². The second-order valence-electron chi connectivity index (χ2n) is 4.18. The van der Waals surface area contributed by atoms with Crippen molar-refractivity contribution < 1.29 is 14.2 Å². The fraction of sp³-hybridized carbons (Fsp3) is 0.0667.